The van der Waals surface area contributed by atoms with Gasteiger partial charge in [0.25, 0.3) is 0 Å². The van der Waals surface area contributed by atoms with Crippen LogP contribution in [0.25, 0.3) is 0 Å². The standard InChI is InChI=1S/C34H30N4/c35-29-18-19-31(30(23-29)33(36)25-20-21-37-32(22-25)24-16-17-24)38-34(26-10-4-1-5-11-26,27-12-6-2-7-13-27)28-14-8-3-9-15-28/h1-15,18-24,36,38H,16-17,35H2. The van der Waals surface area contributed by atoms with Crippen LogP contribution in [0, 0.1) is 5.41 Å². The number of pyridine rings is 1. The summed E-state index contributed by atoms with van der Waals surface area (Å²) in [5.41, 5.74) is 13.5. The van der Waals surface area contributed by atoms with E-state index in [0.717, 1.165) is 39.2 Å². The topological polar surface area (TPSA) is 74.8 Å². The van der Waals surface area contributed by atoms with E-state index in [1.807, 2.05) is 48.7 Å². The largest absolute Gasteiger partial charge is 0.399 e. The van der Waals surface area contributed by atoms with Crippen molar-refractivity contribution >= 4 is 17.1 Å². The van der Waals surface area contributed by atoms with Crippen LogP contribution in [0.15, 0.2) is 128 Å². The molecule has 1 aliphatic rings. The van der Waals surface area contributed by atoms with Crippen LogP contribution in [0.3, 0.4) is 0 Å². The second kappa shape index (κ2) is 9.98. The highest BCUT2D eigenvalue weighted by Gasteiger charge is 2.37. The third-order valence-electron chi connectivity index (χ3n) is 7.32. The van der Waals surface area contributed by atoms with Crippen LogP contribution >= 0.6 is 0 Å². The molecule has 0 atom stereocenters. The molecule has 1 heterocycles. The van der Waals surface area contributed by atoms with Gasteiger partial charge in [-0.1, -0.05) is 91.0 Å². The summed E-state index contributed by atoms with van der Waals surface area (Å²) in [6, 6.07) is 41.2. The number of nitrogens with two attached hydrogens (primary N) is 1. The van der Waals surface area contributed by atoms with E-state index in [0.29, 0.717) is 17.3 Å². The lowest BCUT2D eigenvalue weighted by atomic mass is 9.76. The Balaban J connectivity index is 1.54. The molecule has 4 nitrogen and oxygen atoms in total. The van der Waals surface area contributed by atoms with Crippen molar-refractivity contribution in [1.82, 2.24) is 4.98 Å². The molecule has 4 heteroatoms. The molecule has 0 radical (unpaired) electrons. The first-order chi connectivity index (χ1) is 18.6. The van der Waals surface area contributed by atoms with E-state index >= 15 is 0 Å². The summed E-state index contributed by atoms with van der Waals surface area (Å²) in [4.78, 5) is 4.56. The second-order valence-electron chi connectivity index (χ2n) is 9.90. The van der Waals surface area contributed by atoms with Crippen molar-refractivity contribution in [2.45, 2.75) is 24.3 Å². The number of nitrogens with one attached hydrogen (secondary N) is 2. The van der Waals surface area contributed by atoms with Gasteiger partial charge in [0.05, 0.1) is 5.71 Å². The minimum absolute atomic E-state index is 0.423. The molecule has 0 saturated heterocycles. The minimum Gasteiger partial charge on any atom is -0.399 e. The summed E-state index contributed by atoms with van der Waals surface area (Å²) < 4.78 is 0. The van der Waals surface area contributed by atoms with E-state index in [2.05, 4.69) is 89.2 Å². The Morgan fingerprint density at radius 1 is 0.737 bits per heavy atom. The predicted octanol–water partition coefficient (Wildman–Crippen LogP) is 7.36. The van der Waals surface area contributed by atoms with Gasteiger partial charge in [0.1, 0.15) is 5.54 Å². The molecule has 4 aromatic carbocycles. The summed E-state index contributed by atoms with van der Waals surface area (Å²) in [6.45, 7) is 0. The molecule has 0 bridgehead atoms. The average Bonchev–Trinajstić information content (AvgIpc) is 3.84. The molecule has 0 unspecified atom stereocenters. The van der Waals surface area contributed by atoms with Crippen molar-refractivity contribution in [2.24, 2.45) is 0 Å². The van der Waals surface area contributed by atoms with Gasteiger partial charge in [0.15, 0.2) is 0 Å². The zero-order valence-corrected chi connectivity index (χ0v) is 21.1. The summed E-state index contributed by atoms with van der Waals surface area (Å²) in [5.74, 6) is 0.517. The van der Waals surface area contributed by atoms with Gasteiger partial charge in [-0.2, -0.15) is 0 Å². The monoisotopic (exact) mass is 494 g/mol. The third-order valence-corrected chi connectivity index (χ3v) is 7.32. The van der Waals surface area contributed by atoms with Crippen molar-refractivity contribution < 1.29 is 0 Å². The molecule has 0 spiro atoms. The van der Waals surface area contributed by atoms with Crippen LogP contribution in [-0.4, -0.2) is 10.7 Å². The van der Waals surface area contributed by atoms with Gasteiger partial charge < -0.3 is 11.1 Å². The van der Waals surface area contributed by atoms with Crippen LogP contribution in [-0.2, 0) is 5.54 Å². The van der Waals surface area contributed by atoms with E-state index in [9.17, 15) is 5.41 Å². The SMILES string of the molecule is N=C(c1ccnc(C2CC2)c1)c1cc(N)ccc1NC(c1ccccc1)(c1ccccc1)c1ccccc1. The number of hydrogen-bond donors (Lipinski definition) is 3. The zero-order chi connectivity index (χ0) is 26.0. The Hall–Kier alpha value is -4.70. The quantitative estimate of drug-likeness (QED) is 0.120. The van der Waals surface area contributed by atoms with Crippen LogP contribution < -0.4 is 11.1 Å². The maximum Gasteiger partial charge on any atom is 0.114 e. The van der Waals surface area contributed by atoms with Crippen molar-refractivity contribution in [3.63, 3.8) is 0 Å². The van der Waals surface area contributed by atoms with Gasteiger partial charge >= 0.3 is 0 Å². The molecule has 6 rings (SSSR count). The molecule has 0 amide bonds. The first-order valence-corrected chi connectivity index (χ1v) is 13.0. The maximum atomic E-state index is 9.26. The van der Waals surface area contributed by atoms with Crippen LogP contribution in [0.2, 0.25) is 0 Å². The molecular weight excluding hydrogens is 464 g/mol. The molecule has 1 aromatic heterocycles. The number of benzene rings is 4. The predicted molar refractivity (Wildman–Crippen MR) is 156 cm³/mol. The molecule has 1 aliphatic carbocycles. The fourth-order valence-corrected chi connectivity index (χ4v) is 5.22. The highest BCUT2D eigenvalue weighted by Crippen LogP contribution is 2.42. The fraction of sp³-hybridized carbons (Fsp3) is 0.118. The minimum atomic E-state index is -0.702. The number of nitrogen functional groups attached to an aromatic ring is 1. The van der Waals surface area contributed by atoms with Crippen LogP contribution in [0.4, 0.5) is 11.4 Å². The maximum absolute atomic E-state index is 9.26. The Morgan fingerprint density at radius 2 is 1.29 bits per heavy atom. The average molecular weight is 495 g/mol. The molecular formula is C34H30N4. The van der Waals surface area contributed by atoms with Crippen molar-refractivity contribution in [2.75, 3.05) is 11.1 Å². The number of hydrogen-bond acceptors (Lipinski definition) is 4. The van der Waals surface area contributed by atoms with Gasteiger partial charge in [-0.25, -0.2) is 0 Å². The lowest BCUT2D eigenvalue weighted by Crippen LogP contribution is -2.38. The van der Waals surface area contributed by atoms with E-state index in [1.54, 1.807) is 0 Å². The molecule has 1 saturated carbocycles. The zero-order valence-electron chi connectivity index (χ0n) is 21.1. The molecule has 0 aliphatic heterocycles. The summed E-state index contributed by atoms with van der Waals surface area (Å²) in [5, 5.41) is 13.2. The van der Waals surface area contributed by atoms with Gasteiger partial charge in [0, 0.05) is 40.3 Å². The molecule has 4 N–H and O–H groups in total. The fourth-order valence-electron chi connectivity index (χ4n) is 5.22. The van der Waals surface area contributed by atoms with Crippen LogP contribution in [0.1, 0.15) is 52.3 Å². The van der Waals surface area contributed by atoms with Gasteiger partial charge in [0.2, 0.25) is 0 Å². The van der Waals surface area contributed by atoms with E-state index in [4.69, 9.17) is 5.73 Å². The Labute approximate surface area is 223 Å². The summed E-state index contributed by atoms with van der Waals surface area (Å²) in [7, 11) is 0. The second-order valence-corrected chi connectivity index (χ2v) is 9.90. The Bertz CT molecular complexity index is 1460. The molecule has 38 heavy (non-hydrogen) atoms. The molecule has 5 aromatic rings. The number of aromatic nitrogens is 1. The van der Waals surface area contributed by atoms with Gasteiger partial charge in [-0.05, 0) is 59.9 Å². The van der Waals surface area contributed by atoms with Crippen molar-refractivity contribution in [3.05, 3.63) is 161 Å². The van der Waals surface area contributed by atoms with Gasteiger partial charge in [-0.15, -0.1) is 0 Å². The third kappa shape index (κ3) is 4.46. The van der Waals surface area contributed by atoms with E-state index in [-0.39, 0.29) is 0 Å². The first kappa shape index (κ1) is 23.7. The smallest absolute Gasteiger partial charge is 0.114 e. The molecule has 1 fully saturated rings. The highest BCUT2D eigenvalue weighted by atomic mass is 15.0. The van der Waals surface area contributed by atoms with E-state index < -0.39 is 5.54 Å². The van der Waals surface area contributed by atoms with Crippen molar-refractivity contribution in [3.8, 4) is 0 Å². The summed E-state index contributed by atoms with van der Waals surface area (Å²) >= 11 is 0. The first-order valence-electron chi connectivity index (χ1n) is 13.0. The Morgan fingerprint density at radius 3 is 1.82 bits per heavy atom. The number of nitrogens with zero attached hydrogens (tertiary/aromatic N) is 1. The summed E-state index contributed by atoms with van der Waals surface area (Å²) in [6.07, 6.45) is 4.16. The van der Waals surface area contributed by atoms with E-state index in [1.165, 1.54) is 12.8 Å². The molecule has 186 valence electrons. The number of rotatable bonds is 8. The van der Waals surface area contributed by atoms with Crippen molar-refractivity contribution in [1.29, 1.82) is 5.41 Å². The Kier molecular flexibility index (Phi) is 6.22. The number of anilines is 2. The normalized spacial score (nSPS) is 13.2. The van der Waals surface area contributed by atoms with Gasteiger partial charge in [-0.3, -0.25) is 10.4 Å². The highest BCUT2D eigenvalue weighted by molar-refractivity contribution is 6.14. The lowest BCUT2D eigenvalue weighted by Gasteiger charge is -2.38. The lowest BCUT2D eigenvalue weighted by molar-refractivity contribution is 0.711. The van der Waals surface area contributed by atoms with Crippen LogP contribution in [0.5, 0.6) is 0 Å².